The summed E-state index contributed by atoms with van der Waals surface area (Å²) >= 11 is 3.40. The van der Waals surface area contributed by atoms with E-state index in [9.17, 15) is 0 Å². The van der Waals surface area contributed by atoms with Gasteiger partial charge >= 0.3 is 0 Å². The fraction of sp³-hybridized carbons (Fsp3) is 0.0115. The van der Waals surface area contributed by atoms with Crippen LogP contribution in [0.25, 0.3) is 139 Å². The summed E-state index contributed by atoms with van der Waals surface area (Å²) in [5.41, 5.74) is 27.9. The van der Waals surface area contributed by atoms with Crippen molar-refractivity contribution in [3.8, 4) is 95.5 Å². The highest BCUT2D eigenvalue weighted by molar-refractivity contribution is 9.10. The molecule has 5 nitrogen and oxygen atoms in total. The maximum atomic E-state index is 4.59. The monoisotopic (exact) mass is 1250 g/mol. The molecule has 0 bridgehead atoms. The fourth-order valence-corrected chi connectivity index (χ4v) is 14.0. The summed E-state index contributed by atoms with van der Waals surface area (Å²) in [6.45, 7) is 0. The van der Waals surface area contributed by atoms with Crippen LogP contribution in [0.5, 0.6) is 0 Å². The van der Waals surface area contributed by atoms with Gasteiger partial charge in [-0.25, -0.2) is 0 Å². The van der Waals surface area contributed by atoms with Crippen molar-refractivity contribution in [2.45, 2.75) is 6.42 Å². The zero-order chi connectivity index (χ0) is 62.0. The molecule has 0 saturated carbocycles. The van der Waals surface area contributed by atoms with Gasteiger partial charge in [-0.1, -0.05) is 277 Å². The molecule has 1 aliphatic rings. The van der Waals surface area contributed by atoms with Crippen LogP contribution in [0.15, 0.2) is 357 Å². The third-order valence-electron chi connectivity index (χ3n) is 17.8. The summed E-state index contributed by atoms with van der Waals surface area (Å²) in [7, 11) is 0. The summed E-state index contributed by atoms with van der Waals surface area (Å²) in [5.74, 6) is 0. The third kappa shape index (κ3) is 10.5. The average Bonchev–Trinajstić information content (AvgIpc) is 1.56. The van der Waals surface area contributed by atoms with Crippen molar-refractivity contribution in [2.24, 2.45) is 0 Å². The van der Waals surface area contributed by atoms with Crippen LogP contribution in [0.1, 0.15) is 11.1 Å². The predicted molar refractivity (Wildman–Crippen MR) is 391 cm³/mol. The first-order valence-corrected chi connectivity index (χ1v) is 32.3. The van der Waals surface area contributed by atoms with Crippen LogP contribution in [0.2, 0.25) is 0 Å². The lowest BCUT2D eigenvalue weighted by Gasteiger charge is -2.15. The first kappa shape index (κ1) is 56.5. The molecule has 5 heterocycles. The Labute approximate surface area is 549 Å². The Morgan fingerprint density at radius 1 is 0.269 bits per heavy atom. The van der Waals surface area contributed by atoms with E-state index in [0.717, 1.165) is 44.8 Å². The summed E-state index contributed by atoms with van der Waals surface area (Å²) in [4.78, 5) is 8.85. The third-order valence-corrected chi connectivity index (χ3v) is 18.3. The zero-order valence-electron chi connectivity index (χ0n) is 50.8. The van der Waals surface area contributed by atoms with Gasteiger partial charge in [-0.05, 0) is 123 Å². The quantitative estimate of drug-likeness (QED) is 0.144. The van der Waals surface area contributed by atoms with E-state index in [1.807, 2.05) is 60.8 Å². The molecule has 6 heteroatoms. The van der Waals surface area contributed by atoms with E-state index in [4.69, 9.17) is 0 Å². The number of rotatable bonds is 9. The topological polar surface area (TPSA) is 40.6 Å². The lowest BCUT2D eigenvalue weighted by Crippen LogP contribution is -2.00. The van der Waals surface area contributed by atoms with Gasteiger partial charge in [0.15, 0.2) is 0 Å². The Kier molecular flexibility index (Phi) is 15.2. The minimum atomic E-state index is 0.960. The van der Waals surface area contributed by atoms with E-state index in [0.29, 0.717) is 0 Å². The maximum absolute atomic E-state index is 4.59. The zero-order valence-corrected chi connectivity index (χ0v) is 52.4. The molecule has 12 aromatic carbocycles. The lowest BCUT2D eigenvalue weighted by atomic mass is 9.96. The van der Waals surface area contributed by atoms with E-state index in [-0.39, 0.29) is 0 Å². The van der Waals surface area contributed by atoms with E-state index < -0.39 is 0 Å². The van der Waals surface area contributed by atoms with Crippen LogP contribution in [0, 0.1) is 0 Å². The average molecular weight is 1260 g/mol. The predicted octanol–water partition coefficient (Wildman–Crippen LogP) is 23.2. The van der Waals surface area contributed by atoms with Crippen LogP contribution >= 0.6 is 15.9 Å². The number of halogens is 1. The first-order valence-electron chi connectivity index (χ1n) is 31.5. The minimum absolute atomic E-state index is 0.960. The Morgan fingerprint density at radius 3 is 1.22 bits per heavy atom. The largest absolute Gasteiger partial charge is 0.308 e. The van der Waals surface area contributed by atoms with E-state index in [2.05, 4.69) is 325 Å². The standard InChI is InChI=1S/C43H29N3.C33H23N.C11H8BrN/c1-4-14-31(15-5-1)40-37-28-27-36-35-20-10-11-22-39(35)45(34-25-23-30(24-26-34)38-21-12-13-29-44-38)42(36)43(37)46(33-18-8-3-9-19-33)41(40)32-16-6-2-7-17-32;1-4-12-23(13-5-1)31-29-21-20-28-27-19-11-10-16-25(27)22-30(28)33(29)34(26-17-8-3-9-18-26)32(31)24-14-6-2-7-15-24;12-10-6-4-9(5-7-10)11-3-1-2-8-13-11/h1-29H;1-21H,22H2;1-8H. The molecule has 0 unspecified atom stereocenters. The van der Waals surface area contributed by atoms with Crippen molar-refractivity contribution in [2.75, 3.05) is 0 Å². The molecule has 0 N–H and O–H groups in total. The van der Waals surface area contributed by atoms with Gasteiger partial charge in [0.05, 0.1) is 44.8 Å². The highest BCUT2D eigenvalue weighted by atomic mass is 79.9. The first-order chi connectivity index (χ1) is 46.1. The van der Waals surface area contributed by atoms with Crippen LogP contribution in [-0.4, -0.2) is 23.7 Å². The molecule has 0 spiro atoms. The van der Waals surface area contributed by atoms with Crippen LogP contribution in [0.4, 0.5) is 0 Å². The van der Waals surface area contributed by atoms with Gasteiger partial charge in [-0.2, -0.15) is 0 Å². The number of fused-ring (bicyclic) bond motifs is 10. The second-order valence-corrected chi connectivity index (χ2v) is 24.2. The molecular formula is C87H60BrN5. The van der Waals surface area contributed by atoms with Gasteiger partial charge in [-0.15, -0.1) is 0 Å². The SMILES string of the molecule is Brc1ccc(-c2ccccn2)cc1.c1ccc(-c2c(-c3ccccc3)n(-c3ccccc3)c3c2ccc2c4ccccc4n(-c4ccc(-c5ccccn5)cc4)c23)cc1.c1ccc(-c2c(-c3ccccc3)n(-c3ccccc3)c3c4c(ccc23)-c2ccccc2C4)cc1. The molecule has 0 fully saturated rings. The number of pyridine rings is 2. The summed E-state index contributed by atoms with van der Waals surface area (Å²) in [5, 5.41) is 4.98. The van der Waals surface area contributed by atoms with E-state index in [1.165, 1.54) is 116 Å². The van der Waals surface area contributed by atoms with Crippen molar-refractivity contribution in [1.82, 2.24) is 23.7 Å². The number of nitrogens with zero attached hydrogens (tertiary/aromatic N) is 5. The molecule has 0 saturated heterocycles. The Hall–Kier alpha value is -11.7. The second kappa shape index (κ2) is 24.9. The molecule has 0 aliphatic heterocycles. The Bertz CT molecular complexity index is 5460. The lowest BCUT2D eigenvalue weighted by molar-refractivity contribution is 1.12. The van der Waals surface area contributed by atoms with Crippen molar-refractivity contribution >= 4 is 59.5 Å². The van der Waals surface area contributed by atoms with Crippen molar-refractivity contribution < 1.29 is 0 Å². The number of benzene rings is 12. The number of para-hydroxylation sites is 3. The van der Waals surface area contributed by atoms with E-state index >= 15 is 0 Å². The van der Waals surface area contributed by atoms with Crippen LogP contribution < -0.4 is 0 Å². The van der Waals surface area contributed by atoms with Gasteiger partial charge in [0, 0.05) is 84.1 Å². The summed E-state index contributed by atoms with van der Waals surface area (Å²) in [6.07, 6.45) is 4.61. The highest BCUT2D eigenvalue weighted by Gasteiger charge is 2.29. The molecule has 18 rings (SSSR count). The van der Waals surface area contributed by atoms with Gasteiger partial charge in [0.1, 0.15) is 0 Å². The molecule has 0 radical (unpaired) electrons. The van der Waals surface area contributed by atoms with Gasteiger partial charge in [0.25, 0.3) is 0 Å². The molecule has 0 amide bonds. The molecule has 440 valence electrons. The number of aromatic nitrogens is 5. The Morgan fingerprint density at radius 2 is 0.677 bits per heavy atom. The minimum Gasteiger partial charge on any atom is -0.308 e. The maximum Gasteiger partial charge on any atom is 0.0789 e. The Balaban J connectivity index is 0.000000127. The van der Waals surface area contributed by atoms with Gasteiger partial charge in [-0.3, -0.25) is 9.97 Å². The van der Waals surface area contributed by atoms with Crippen molar-refractivity contribution in [3.05, 3.63) is 368 Å². The fourth-order valence-electron chi connectivity index (χ4n) is 13.8. The van der Waals surface area contributed by atoms with E-state index in [1.54, 1.807) is 6.20 Å². The normalized spacial score (nSPS) is 11.5. The van der Waals surface area contributed by atoms with Gasteiger partial charge < -0.3 is 13.7 Å². The van der Waals surface area contributed by atoms with Crippen LogP contribution in [-0.2, 0) is 6.42 Å². The molecule has 17 aromatic rings. The second-order valence-electron chi connectivity index (χ2n) is 23.3. The molecule has 5 aromatic heterocycles. The molecule has 0 atom stereocenters. The van der Waals surface area contributed by atoms with Crippen LogP contribution in [0.3, 0.4) is 0 Å². The summed E-state index contributed by atoms with van der Waals surface area (Å²) in [6, 6.07) is 121. The number of hydrogen-bond donors (Lipinski definition) is 0. The highest BCUT2D eigenvalue weighted by Crippen LogP contribution is 2.50. The van der Waals surface area contributed by atoms with Crippen molar-refractivity contribution in [1.29, 1.82) is 0 Å². The number of hydrogen-bond acceptors (Lipinski definition) is 2. The van der Waals surface area contributed by atoms with Crippen molar-refractivity contribution in [3.63, 3.8) is 0 Å². The summed E-state index contributed by atoms with van der Waals surface area (Å²) < 4.78 is 8.51. The van der Waals surface area contributed by atoms with Gasteiger partial charge in [0.2, 0.25) is 0 Å². The smallest absolute Gasteiger partial charge is 0.0789 e. The molecule has 93 heavy (non-hydrogen) atoms. The molecular weight excluding hydrogens is 1190 g/mol. The molecule has 1 aliphatic carbocycles.